The third-order valence-corrected chi connectivity index (χ3v) is 2.38. The normalized spacial score (nSPS) is 22.3. The van der Waals surface area contributed by atoms with Gasteiger partial charge in [-0.3, -0.25) is 9.48 Å². The van der Waals surface area contributed by atoms with Crippen molar-refractivity contribution >= 4 is 11.4 Å². The molecule has 2 rings (SSSR count). The van der Waals surface area contributed by atoms with Crippen LogP contribution in [0.1, 0.15) is 25.5 Å². The maximum Gasteiger partial charge on any atom is 0.156 e. The average Bonchev–Trinajstić information content (AvgIpc) is 2.50. The molecule has 0 saturated carbocycles. The number of rotatable bonds is 1. The standard InChI is InChI=1S/C10H13N3O/c1-7-3-8(5-9(14)4-7)10-6-13(2)12-11-10/h5-7H,3-4H2,1-2H3. The van der Waals surface area contributed by atoms with Crippen LogP contribution in [-0.2, 0) is 11.8 Å². The molecule has 0 spiro atoms. The van der Waals surface area contributed by atoms with Gasteiger partial charge in [-0.25, -0.2) is 0 Å². The fourth-order valence-corrected chi connectivity index (χ4v) is 1.78. The van der Waals surface area contributed by atoms with E-state index in [0.29, 0.717) is 12.3 Å². The first-order valence-corrected chi connectivity index (χ1v) is 4.75. The maximum absolute atomic E-state index is 11.3. The Kier molecular flexibility index (Phi) is 2.19. The van der Waals surface area contributed by atoms with E-state index in [9.17, 15) is 4.79 Å². The van der Waals surface area contributed by atoms with Crippen LogP contribution in [0.2, 0.25) is 0 Å². The Hall–Kier alpha value is -1.45. The van der Waals surface area contributed by atoms with Gasteiger partial charge in [-0.1, -0.05) is 12.1 Å². The first kappa shape index (κ1) is 9.12. The highest BCUT2D eigenvalue weighted by atomic mass is 16.1. The van der Waals surface area contributed by atoms with Crippen molar-refractivity contribution in [3.63, 3.8) is 0 Å². The zero-order valence-corrected chi connectivity index (χ0v) is 8.40. The van der Waals surface area contributed by atoms with Crippen LogP contribution in [0.15, 0.2) is 12.3 Å². The summed E-state index contributed by atoms with van der Waals surface area (Å²) in [5.41, 5.74) is 1.84. The highest BCUT2D eigenvalue weighted by molar-refractivity contribution is 5.98. The summed E-state index contributed by atoms with van der Waals surface area (Å²) < 4.78 is 1.65. The zero-order valence-electron chi connectivity index (χ0n) is 8.40. The third kappa shape index (κ3) is 1.73. The molecule has 4 nitrogen and oxygen atoms in total. The molecule has 0 bridgehead atoms. The Bertz CT molecular complexity index is 392. The Morgan fingerprint density at radius 3 is 2.86 bits per heavy atom. The van der Waals surface area contributed by atoms with Crippen LogP contribution >= 0.6 is 0 Å². The van der Waals surface area contributed by atoms with Crippen molar-refractivity contribution in [3.05, 3.63) is 18.0 Å². The van der Waals surface area contributed by atoms with Crippen molar-refractivity contribution in [2.24, 2.45) is 13.0 Å². The van der Waals surface area contributed by atoms with Crippen LogP contribution in [-0.4, -0.2) is 20.8 Å². The Balaban J connectivity index is 2.30. The molecule has 1 aromatic heterocycles. The fourth-order valence-electron chi connectivity index (χ4n) is 1.78. The van der Waals surface area contributed by atoms with Gasteiger partial charge in [0.15, 0.2) is 5.78 Å². The van der Waals surface area contributed by atoms with Crippen LogP contribution in [0.25, 0.3) is 5.57 Å². The van der Waals surface area contributed by atoms with Gasteiger partial charge in [0, 0.05) is 13.5 Å². The highest BCUT2D eigenvalue weighted by Crippen LogP contribution is 2.27. The quantitative estimate of drug-likeness (QED) is 0.670. The van der Waals surface area contributed by atoms with Gasteiger partial charge in [-0.2, -0.15) is 0 Å². The van der Waals surface area contributed by atoms with Crippen molar-refractivity contribution in [2.75, 3.05) is 0 Å². The molecule has 0 fully saturated rings. The van der Waals surface area contributed by atoms with Gasteiger partial charge in [0.1, 0.15) is 5.69 Å². The summed E-state index contributed by atoms with van der Waals surface area (Å²) in [5, 5.41) is 7.86. The topological polar surface area (TPSA) is 47.8 Å². The first-order chi connectivity index (χ1) is 6.65. The minimum atomic E-state index is 0.199. The van der Waals surface area contributed by atoms with Crippen molar-refractivity contribution in [1.82, 2.24) is 15.0 Å². The molecule has 4 heteroatoms. The van der Waals surface area contributed by atoms with Crippen LogP contribution in [0.5, 0.6) is 0 Å². The van der Waals surface area contributed by atoms with E-state index in [2.05, 4.69) is 17.2 Å². The van der Waals surface area contributed by atoms with Crippen LogP contribution in [0.4, 0.5) is 0 Å². The van der Waals surface area contributed by atoms with Gasteiger partial charge in [-0.15, -0.1) is 5.10 Å². The van der Waals surface area contributed by atoms with Gasteiger partial charge < -0.3 is 0 Å². The molecular weight excluding hydrogens is 178 g/mol. The lowest BCUT2D eigenvalue weighted by molar-refractivity contribution is -0.115. The molecule has 1 aliphatic rings. The lowest BCUT2D eigenvalue weighted by atomic mass is 9.88. The SMILES string of the molecule is CC1CC(=O)C=C(c2cn(C)nn2)C1. The van der Waals surface area contributed by atoms with Gasteiger partial charge in [0.05, 0.1) is 6.20 Å². The van der Waals surface area contributed by atoms with E-state index >= 15 is 0 Å². The fraction of sp³-hybridized carbons (Fsp3) is 0.500. The second-order valence-corrected chi connectivity index (χ2v) is 3.93. The molecule has 1 aliphatic carbocycles. The minimum absolute atomic E-state index is 0.199. The number of hydrogen-bond donors (Lipinski definition) is 0. The van der Waals surface area contributed by atoms with Crippen LogP contribution < -0.4 is 0 Å². The molecule has 0 radical (unpaired) electrons. The van der Waals surface area contributed by atoms with Gasteiger partial charge in [0.25, 0.3) is 0 Å². The lowest BCUT2D eigenvalue weighted by Crippen LogP contribution is -2.10. The first-order valence-electron chi connectivity index (χ1n) is 4.75. The maximum atomic E-state index is 11.3. The van der Waals surface area contributed by atoms with Gasteiger partial charge >= 0.3 is 0 Å². The average molecular weight is 191 g/mol. The van der Waals surface area contributed by atoms with Crippen LogP contribution in [0, 0.1) is 5.92 Å². The van der Waals surface area contributed by atoms with Crippen molar-refractivity contribution in [2.45, 2.75) is 19.8 Å². The largest absolute Gasteiger partial charge is 0.295 e. The summed E-state index contributed by atoms with van der Waals surface area (Å²) in [6, 6.07) is 0. The number of carbonyl (C=O) groups excluding carboxylic acids is 1. The summed E-state index contributed by atoms with van der Waals surface area (Å²) in [5.74, 6) is 0.619. The molecule has 0 N–H and O–H groups in total. The second kappa shape index (κ2) is 3.36. The third-order valence-electron chi connectivity index (χ3n) is 2.38. The van der Waals surface area contributed by atoms with E-state index in [1.54, 1.807) is 10.8 Å². The summed E-state index contributed by atoms with van der Waals surface area (Å²) in [6.45, 7) is 2.08. The van der Waals surface area contributed by atoms with Crippen molar-refractivity contribution < 1.29 is 4.79 Å². The second-order valence-electron chi connectivity index (χ2n) is 3.93. The smallest absolute Gasteiger partial charge is 0.156 e. The van der Waals surface area contributed by atoms with Crippen molar-refractivity contribution in [1.29, 1.82) is 0 Å². The highest BCUT2D eigenvalue weighted by Gasteiger charge is 2.19. The molecule has 1 unspecified atom stereocenters. The molecule has 1 atom stereocenters. The molecule has 0 saturated heterocycles. The van der Waals surface area contributed by atoms with E-state index in [-0.39, 0.29) is 5.78 Å². The molecule has 1 aromatic rings. The summed E-state index contributed by atoms with van der Waals surface area (Å²) in [4.78, 5) is 11.3. The number of carbonyl (C=O) groups is 1. The van der Waals surface area contributed by atoms with E-state index in [0.717, 1.165) is 17.7 Å². The summed E-state index contributed by atoms with van der Waals surface area (Å²) in [7, 11) is 1.82. The number of aromatic nitrogens is 3. The summed E-state index contributed by atoms with van der Waals surface area (Å²) in [6.07, 6.45) is 5.12. The molecule has 74 valence electrons. The molecular formula is C10H13N3O. The monoisotopic (exact) mass is 191 g/mol. The van der Waals surface area contributed by atoms with E-state index in [4.69, 9.17) is 0 Å². The number of aryl methyl sites for hydroxylation is 1. The number of allylic oxidation sites excluding steroid dienone is 2. The minimum Gasteiger partial charge on any atom is -0.295 e. The van der Waals surface area contributed by atoms with Gasteiger partial charge in [0.2, 0.25) is 0 Å². The van der Waals surface area contributed by atoms with Crippen LogP contribution in [0.3, 0.4) is 0 Å². The van der Waals surface area contributed by atoms with E-state index in [1.165, 1.54) is 0 Å². The van der Waals surface area contributed by atoms with Gasteiger partial charge in [-0.05, 0) is 24.0 Å². The molecule has 0 amide bonds. The number of nitrogens with zero attached hydrogens (tertiary/aromatic N) is 3. The summed E-state index contributed by atoms with van der Waals surface area (Å²) >= 11 is 0. The van der Waals surface area contributed by atoms with E-state index < -0.39 is 0 Å². The predicted octanol–water partition coefficient (Wildman–Crippen LogP) is 1.20. The molecule has 1 heterocycles. The van der Waals surface area contributed by atoms with E-state index in [1.807, 2.05) is 13.2 Å². The molecule has 0 aromatic carbocycles. The Morgan fingerprint density at radius 1 is 1.50 bits per heavy atom. The number of ketones is 1. The molecule has 0 aliphatic heterocycles. The Labute approximate surface area is 82.6 Å². The number of hydrogen-bond acceptors (Lipinski definition) is 3. The molecule has 14 heavy (non-hydrogen) atoms. The van der Waals surface area contributed by atoms with Crippen molar-refractivity contribution in [3.8, 4) is 0 Å². The predicted molar refractivity (Wildman–Crippen MR) is 52.4 cm³/mol. The Morgan fingerprint density at radius 2 is 2.29 bits per heavy atom. The zero-order chi connectivity index (χ0) is 10.1. The lowest BCUT2D eigenvalue weighted by Gasteiger charge is -2.16.